The monoisotopic (exact) mass is 429 g/mol. The minimum absolute atomic E-state index is 0.0921. The van der Waals surface area contributed by atoms with Crippen molar-refractivity contribution in [3.05, 3.63) is 94.3 Å². The van der Waals surface area contributed by atoms with Crippen LogP contribution < -0.4 is 4.74 Å². The van der Waals surface area contributed by atoms with E-state index in [1.54, 1.807) is 6.07 Å². The Kier molecular flexibility index (Phi) is 3.95. The molecule has 2 heterocycles. The van der Waals surface area contributed by atoms with Crippen LogP contribution in [0.3, 0.4) is 0 Å². The zero-order valence-electron chi connectivity index (χ0n) is 15.1. The number of halogens is 1. The van der Waals surface area contributed by atoms with Gasteiger partial charge in [-0.15, -0.1) is 0 Å². The maximum atomic E-state index is 12.8. The van der Waals surface area contributed by atoms with Crippen molar-refractivity contribution in [2.45, 2.75) is 0 Å². The number of nitrogens with zero attached hydrogens (tertiary/aromatic N) is 1. The lowest BCUT2D eigenvalue weighted by atomic mass is 9.98. The number of hydrogen-bond acceptors (Lipinski definition) is 2. The highest BCUT2D eigenvalue weighted by atomic mass is 79.9. The highest BCUT2D eigenvalue weighted by molar-refractivity contribution is 9.10. The van der Waals surface area contributed by atoms with E-state index in [1.807, 2.05) is 49.7 Å². The number of hydrogen-bond donors (Lipinski definition) is 0. The van der Waals surface area contributed by atoms with Crippen LogP contribution in [0.5, 0.6) is 5.75 Å². The van der Waals surface area contributed by atoms with E-state index >= 15 is 0 Å². The van der Waals surface area contributed by atoms with Gasteiger partial charge in [0.2, 0.25) is 5.78 Å². The molecule has 0 radical (unpaired) electrons. The molecule has 1 aromatic heterocycles. The van der Waals surface area contributed by atoms with E-state index in [0.717, 1.165) is 32.1 Å². The fourth-order valence-corrected chi connectivity index (χ4v) is 4.11. The molecule has 0 N–H and O–H groups in total. The number of rotatable bonds is 2. The Morgan fingerprint density at radius 3 is 2.61 bits per heavy atom. The number of aryl methyl sites for hydroxylation is 1. The molecule has 4 aromatic rings. The van der Waals surface area contributed by atoms with Crippen LogP contribution in [0.2, 0.25) is 0 Å². The van der Waals surface area contributed by atoms with Crippen molar-refractivity contribution in [3.8, 4) is 16.9 Å². The standard InChI is InChI=1S/C24H16BrNO2/c1-26-14-16(12-22-24(27)19-13-17(25)10-11-21(19)28-22)23-18(8-5-9-20(23)26)15-6-3-2-4-7-15/h2-14H,1H3/b22-12-. The van der Waals surface area contributed by atoms with E-state index in [4.69, 9.17) is 4.74 Å². The molecular formula is C24H16BrNO2. The van der Waals surface area contributed by atoms with Gasteiger partial charge in [0.15, 0.2) is 5.76 Å². The van der Waals surface area contributed by atoms with E-state index < -0.39 is 0 Å². The third-order valence-corrected chi connectivity index (χ3v) is 5.54. The van der Waals surface area contributed by atoms with Crippen molar-refractivity contribution in [2.75, 3.05) is 0 Å². The smallest absolute Gasteiger partial charge is 0.232 e. The fourth-order valence-electron chi connectivity index (χ4n) is 3.75. The van der Waals surface area contributed by atoms with Gasteiger partial charge in [0.05, 0.1) is 5.56 Å². The zero-order chi connectivity index (χ0) is 19.3. The quantitative estimate of drug-likeness (QED) is 0.354. The Labute approximate surface area is 171 Å². The highest BCUT2D eigenvalue weighted by Crippen LogP contribution is 2.37. The average molecular weight is 430 g/mol. The van der Waals surface area contributed by atoms with Crippen molar-refractivity contribution in [1.29, 1.82) is 0 Å². The van der Waals surface area contributed by atoms with Gasteiger partial charge in [-0.2, -0.15) is 0 Å². The third kappa shape index (κ3) is 2.69. The SMILES string of the molecule is Cn1cc(/C=C2\Oc3ccc(Br)cc3C2=O)c2c(-c3ccccc3)cccc21. The number of carbonyl (C=O) groups is 1. The number of benzene rings is 3. The molecule has 3 nitrogen and oxygen atoms in total. The van der Waals surface area contributed by atoms with Crippen molar-refractivity contribution < 1.29 is 9.53 Å². The molecule has 0 saturated heterocycles. The van der Waals surface area contributed by atoms with Gasteiger partial charge in [-0.3, -0.25) is 4.79 Å². The summed E-state index contributed by atoms with van der Waals surface area (Å²) in [4.78, 5) is 12.8. The van der Waals surface area contributed by atoms with E-state index in [9.17, 15) is 4.79 Å². The minimum Gasteiger partial charge on any atom is -0.452 e. The van der Waals surface area contributed by atoms with Crippen molar-refractivity contribution >= 4 is 38.7 Å². The number of fused-ring (bicyclic) bond motifs is 2. The van der Waals surface area contributed by atoms with Crippen LogP contribution in [0.15, 0.2) is 83.2 Å². The minimum atomic E-state index is -0.0921. The number of ketones is 1. The van der Waals surface area contributed by atoms with Gasteiger partial charge in [-0.1, -0.05) is 58.4 Å². The van der Waals surface area contributed by atoms with Crippen LogP contribution in [0.4, 0.5) is 0 Å². The number of aromatic nitrogens is 1. The molecule has 0 atom stereocenters. The number of carbonyl (C=O) groups excluding carboxylic acids is 1. The zero-order valence-corrected chi connectivity index (χ0v) is 16.7. The Morgan fingerprint density at radius 1 is 0.964 bits per heavy atom. The van der Waals surface area contributed by atoms with E-state index in [2.05, 4.69) is 50.8 Å². The molecule has 0 unspecified atom stereocenters. The summed E-state index contributed by atoms with van der Waals surface area (Å²) >= 11 is 3.42. The largest absolute Gasteiger partial charge is 0.452 e. The molecule has 4 heteroatoms. The summed E-state index contributed by atoms with van der Waals surface area (Å²) < 4.78 is 8.81. The Bertz CT molecular complexity index is 1270. The number of Topliss-reactive ketones (excluding diaryl/α,β-unsaturated/α-hetero) is 1. The lowest BCUT2D eigenvalue weighted by Gasteiger charge is -2.06. The van der Waals surface area contributed by atoms with Gasteiger partial charge >= 0.3 is 0 Å². The molecule has 0 bridgehead atoms. The van der Waals surface area contributed by atoms with Crippen molar-refractivity contribution in [2.24, 2.45) is 7.05 Å². The van der Waals surface area contributed by atoms with Crippen LogP contribution in [0.25, 0.3) is 28.1 Å². The summed E-state index contributed by atoms with van der Waals surface area (Å²) in [6.45, 7) is 0. The van der Waals surface area contributed by atoms with Crippen LogP contribution in [0.1, 0.15) is 15.9 Å². The molecule has 3 aromatic carbocycles. The molecule has 5 rings (SSSR count). The van der Waals surface area contributed by atoms with Crippen LogP contribution in [0, 0.1) is 0 Å². The molecule has 136 valence electrons. The maximum absolute atomic E-state index is 12.8. The molecule has 0 fully saturated rings. The summed E-state index contributed by atoms with van der Waals surface area (Å²) in [5, 5.41) is 1.11. The van der Waals surface area contributed by atoms with Crippen LogP contribution in [-0.4, -0.2) is 10.4 Å². The number of ether oxygens (including phenoxy) is 1. The lowest BCUT2D eigenvalue weighted by Crippen LogP contribution is -1.98. The second-order valence-electron chi connectivity index (χ2n) is 6.84. The molecule has 0 aliphatic carbocycles. The first kappa shape index (κ1) is 17.0. The normalized spacial score (nSPS) is 14.5. The second-order valence-corrected chi connectivity index (χ2v) is 7.76. The lowest BCUT2D eigenvalue weighted by molar-refractivity contribution is 0.101. The van der Waals surface area contributed by atoms with Gasteiger partial charge in [0.25, 0.3) is 0 Å². The Balaban J connectivity index is 1.69. The summed E-state index contributed by atoms with van der Waals surface area (Å²) in [5.41, 5.74) is 4.94. The first-order chi connectivity index (χ1) is 13.6. The molecule has 0 spiro atoms. The van der Waals surface area contributed by atoms with Gasteiger partial charge in [-0.05, 0) is 41.5 Å². The Hall–Kier alpha value is -3.11. The number of allylic oxidation sites excluding steroid dienone is 1. The van der Waals surface area contributed by atoms with E-state index in [0.29, 0.717) is 17.1 Å². The van der Waals surface area contributed by atoms with Gasteiger partial charge in [-0.25, -0.2) is 0 Å². The molecule has 0 amide bonds. The van der Waals surface area contributed by atoms with Gasteiger partial charge in [0, 0.05) is 34.2 Å². The summed E-state index contributed by atoms with van der Waals surface area (Å²) in [6.07, 6.45) is 3.89. The predicted molar refractivity (Wildman–Crippen MR) is 115 cm³/mol. The summed E-state index contributed by atoms with van der Waals surface area (Å²) in [5.74, 6) is 0.858. The first-order valence-corrected chi connectivity index (χ1v) is 9.78. The highest BCUT2D eigenvalue weighted by Gasteiger charge is 2.28. The van der Waals surface area contributed by atoms with E-state index in [1.165, 1.54) is 0 Å². The van der Waals surface area contributed by atoms with Gasteiger partial charge in [0.1, 0.15) is 5.75 Å². The molecular weight excluding hydrogens is 414 g/mol. The second kappa shape index (κ2) is 6.50. The summed E-state index contributed by atoms with van der Waals surface area (Å²) in [7, 11) is 2.02. The molecule has 0 saturated carbocycles. The average Bonchev–Trinajstić information content (AvgIpc) is 3.20. The van der Waals surface area contributed by atoms with Crippen molar-refractivity contribution in [3.63, 3.8) is 0 Å². The van der Waals surface area contributed by atoms with E-state index in [-0.39, 0.29) is 5.78 Å². The fraction of sp³-hybridized carbons (Fsp3) is 0.0417. The third-order valence-electron chi connectivity index (χ3n) is 5.05. The maximum Gasteiger partial charge on any atom is 0.232 e. The predicted octanol–water partition coefficient (Wildman–Crippen LogP) is 6.22. The Morgan fingerprint density at radius 2 is 1.79 bits per heavy atom. The van der Waals surface area contributed by atoms with Gasteiger partial charge < -0.3 is 9.30 Å². The summed E-state index contributed by atoms with van der Waals surface area (Å²) in [6, 6.07) is 22.0. The molecule has 1 aliphatic rings. The van der Waals surface area contributed by atoms with Crippen LogP contribution in [-0.2, 0) is 7.05 Å². The molecule has 28 heavy (non-hydrogen) atoms. The first-order valence-electron chi connectivity index (χ1n) is 8.99. The van der Waals surface area contributed by atoms with Crippen molar-refractivity contribution in [1.82, 2.24) is 4.57 Å². The topological polar surface area (TPSA) is 31.2 Å². The van der Waals surface area contributed by atoms with Crippen LogP contribution >= 0.6 is 15.9 Å². The molecule has 1 aliphatic heterocycles.